The summed E-state index contributed by atoms with van der Waals surface area (Å²) < 4.78 is 7.21. The Morgan fingerprint density at radius 2 is 2.29 bits per heavy atom. The lowest BCUT2D eigenvalue weighted by atomic mass is 9.95. The zero-order valence-corrected chi connectivity index (χ0v) is 10.3. The third-order valence-electron chi connectivity index (χ3n) is 2.00. The van der Waals surface area contributed by atoms with E-state index in [9.17, 15) is 0 Å². The highest BCUT2D eigenvalue weighted by Gasteiger charge is 2.27. The number of nitrogens with one attached hydrogen (secondary N) is 1. The fourth-order valence-corrected chi connectivity index (χ4v) is 2.54. The second-order valence-electron chi connectivity index (χ2n) is 4.40. The maximum absolute atomic E-state index is 5.80. The van der Waals surface area contributed by atoms with Gasteiger partial charge >= 0.3 is 0 Å². The first-order valence-corrected chi connectivity index (χ1v) is 6.55. The topological polar surface area (TPSA) is 21.3 Å². The van der Waals surface area contributed by atoms with Gasteiger partial charge in [0.05, 0.1) is 9.99 Å². The van der Waals surface area contributed by atoms with Crippen molar-refractivity contribution in [2.24, 2.45) is 5.41 Å². The lowest BCUT2D eigenvalue weighted by Crippen LogP contribution is -2.24. The van der Waals surface area contributed by atoms with Crippen molar-refractivity contribution in [2.45, 2.75) is 27.0 Å². The smallest absolute Gasteiger partial charge is 0.178 e. The quantitative estimate of drug-likeness (QED) is 0.802. The summed E-state index contributed by atoms with van der Waals surface area (Å²) in [6.45, 7) is 6.49. The second kappa shape index (κ2) is 3.74. The molecule has 4 heteroatoms. The van der Waals surface area contributed by atoms with Gasteiger partial charge in [-0.1, -0.05) is 32.5 Å². The maximum atomic E-state index is 5.80. The highest BCUT2D eigenvalue weighted by atomic mass is 32.2. The van der Waals surface area contributed by atoms with Gasteiger partial charge in [0.15, 0.2) is 6.23 Å². The number of allylic oxidation sites excluding steroid dienone is 1. The summed E-state index contributed by atoms with van der Waals surface area (Å²) in [4.78, 5) is 0. The molecule has 1 N–H and O–H groups in total. The molecule has 0 spiro atoms. The van der Waals surface area contributed by atoms with E-state index < -0.39 is 0 Å². The molecule has 0 aromatic heterocycles. The van der Waals surface area contributed by atoms with Crippen LogP contribution < -0.4 is 5.32 Å². The van der Waals surface area contributed by atoms with Crippen molar-refractivity contribution in [3.8, 4) is 0 Å². The lowest BCUT2D eigenvalue weighted by molar-refractivity contribution is 0.108. The van der Waals surface area contributed by atoms with Crippen molar-refractivity contribution >= 4 is 23.5 Å². The van der Waals surface area contributed by atoms with E-state index in [4.69, 9.17) is 4.74 Å². The Kier molecular flexibility index (Phi) is 2.75. The highest BCUT2D eigenvalue weighted by molar-refractivity contribution is 8.29. The Labute approximate surface area is 93.5 Å². The van der Waals surface area contributed by atoms with Crippen molar-refractivity contribution < 1.29 is 4.74 Å². The SMILES string of the molecule is CC(C)(C)C1=CNC(CSC2=CS2)O1. The minimum absolute atomic E-state index is 0.111. The van der Waals surface area contributed by atoms with Crippen molar-refractivity contribution in [3.63, 3.8) is 0 Å². The van der Waals surface area contributed by atoms with Crippen LogP contribution in [0.4, 0.5) is 0 Å². The van der Waals surface area contributed by atoms with Crippen molar-refractivity contribution in [3.05, 3.63) is 21.6 Å². The van der Waals surface area contributed by atoms with Gasteiger partial charge in [-0.3, -0.25) is 0 Å². The molecule has 14 heavy (non-hydrogen) atoms. The van der Waals surface area contributed by atoms with E-state index in [0.717, 1.165) is 11.5 Å². The van der Waals surface area contributed by atoms with Gasteiger partial charge in [-0.2, -0.15) is 0 Å². The Morgan fingerprint density at radius 1 is 1.57 bits per heavy atom. The third-order valence-corrected chi connectivity index (χ3v) is 4.11. The van der Waals surface area contributed by atoms with Crippen molar-refractivity contribution in [1.29, 1.82) is 0 Å². The van der Waals surface area contributed by atoms with E-state index in [0.29, 0.717) is 0 Å². The molecule has 0 bridgehead atoms. The van der Waals surface area contributed by atoms with Crippen LogP contribution in [-0.4, -0.2) is 12.0 Å². The average molecular weight is 229 g/mol. The molecule has 0 radical (unpaired) electrons. The predicted octanol–water partition coefficient (Wildman–Crippen LogP) is 3.10. The molecule has 0 saturated heterocycles. The van der Waals surface area contributed by atoms with Crippen molar-refractivity contribution in [2.75, 3.05) is 5.75 Å². The molecule has 0 saturated carbocycles. The molecular weight excluding hydrogens is 214 g/mol. The van der Waals surface area contributed by atoms with Gasteiger partial charge in [-0.05, 0) is 5.41 Å². The van der Waals surface area contributed by atoms with Gasteiger partial charge in [-0.15, -0.1) is 11.8 Å². The molecule has 78 valence electrons. The molecular formula is C10H15NOS2. The van der Waals surface area contributed by atoms with Gasteiger partial charge in [0, 0.05) is 11.6 Å². The first-order valence-electron chi connectivity index (χ1n) is 4.69. The molecule has 0 aliphatic carbocycles. The Bertz CT molecular complexity index is 291. The molecule has 0 fully saturated rings. The van der Waals surface area contributed by atoms with E-state index in [1.807, 2.05) is 29.7 Å². The summed E-state index contributed by atoms with van der Waals surface area (Å²) in [5.74, 6) is 2.04. The molecule has 1 atom stereocenters. The molecule has 2 heterocycles. The zero-order valence-electron chi connectivity index (χ0n) is 8.66. The number of hydrogen-bond donors (Lipinski definition) is 1. The predicted molar refractivity (Wildman–Crippen MR) is 63.7 cm³/mol. The van der Waals surface area contributed by atoms with Crippen molar-refractivity contribution in [1.82, 2.24) is 5.32 Å². The average Bonchev–Trinajstić information content (AvgIpc) is 2.77. The molecule has 0 aromatic rings. The minimum atomic E-state index is 0.111. The Hall–Kier alpha value is -0.220. The first kappa shape index (κ1) is 10.3. The highest BCUT2D eigenvalue weighted by Crippen LogP contribution is 2.44. The van der Waals surface area contributed by atoms with Crippen LogP contribution in [0.15, 0.2) is 21.6 Å². The van der Waals surface area contributed by atoms with Crippen LogP contribution in [0.3, 0.4) is 0 Å². The van der Waals surface area contributed by atoms with Gasteiger partial charge in [0.25, 0.3) is 0 Å². The van der Waals surface area contributed by atoms with Gasteiger partial charge in [0.1, 0.15) is 5.76 Å². The summed E-state index contributed by atoms with van der Waals surface area (Å²) in [7, 11) is 0. The van der Waals surface area contributed by atoms with Crippen LogP contribution in [0, 0.1) is 5.41 Å². The van der Waals surface area contributed by atoms with E-state index in [1.165, 1.54) is 4.24 Å². The number of ether oxygens (including phenoxy) is 1. The fourth-order valence-electron chi connectivity index (χ4n) is 1.12. The monoisotopic (exact) mass is 229 g/mol. The van der Waals surface area contributed by atoms with Crippen LogP contribution in [0.5, 0.6) is 0 Å². The van der Waals surface area contributed by atoms with Crippen LogP contribution >= 0.6 is 23.5 Å². The van der Waals surface area contributed by atoms with E-state index in [-0.39, 0.29) is 11.6 Å². The van der Waals surface area contributed by atoms with Crippen LogP contribution in [0.2, 0.25) is 0 Å². The molecule has 0 aromatic carbocycles. The summed E-state index contributed by atoms with van der Waals surface area (Å²) in [5, 5.41) is 5.42. The van der Waals surface area contributed by atoms with E-state index >= 15 is 0 Å². The van der Waals surface area contributed by atoms with Gasteiger partial charge in [0.2, 0.25) is 0 Å². The standard InChI is InChI=1S/C10H15NOS2/c1-10(2,3)7-4-11-8(12-7)5-13-9-6-14-9/h4,6,8,11H,5H2,1-3H3. The third kappa shape index (κ3) is 2.64. The summed E-state index contributed by atoms with van der Waals surface area (Å²) in [5.41, 5.74) is 0.111. The summed E-state index contributed by atoms with van der Waals surface area (Å²) in [6.07, 6.45) is 2.15. The zero-order chi connectivity index (χ0) is 10.2. The van der Waals surface area contributed by atoms with E-state index in [2.05, 4.69) is 31.5 Å². The molecule has 0 amide bonds. The minimum Gasteiger partial charge on any atom is -0.472 e. The lowest BCUT2D eigenvalue weighted by Gasteiger charge is -2.21. The maximum Gasteiger partial charge on any atom is 0.178 e. The van der Waals surface area contributed by atoms with Crippen LogP contribution in [0.1, 0.15) is 20.8 Å². The molecule has 2 nitrogen and oxygen atoms in total. The number of rotatable bonds is 3. The van der Waals surface area contributed by atoms with Gasteiger partial charge < -0.3 is 10.1 Å². The van der Waals surface area contributed by atoms with E-state index in [1.54, 1.807) is 0 Å². The first-order chi connectivity index (χ1) is 6.55. The molecule has 1 unspecified atom stereocenters. The Morgan fingerprint density at radius 3 is 2.79 bits per heavy atom. The summed E-state index contributed by atoms with van der Waals surface area (Å²) >= 11 is 3.67. The second-order valence-corrected chi connectivity index (χ2v) is 6.63. The van der Waals surface area contributed by atoms with Crippen LogP contribution in [-0.2, 0) is 4.74 Å². The fraction of sp³-hybridized carbons (Fsp3) is 0.600. The van der Waals surface area contributed by atoms with Crippen LogP contribution in [0.25, 0.3) is 0 Å². The number of hydrogen-bond acceptors (Lipinski definition) is 4. The molecule has 2 aliphatic heterocycles. The number of thioether (sulfide) groups is 2. The Balaban J connectivity index is 1.77. The molecule has 2 rings (SSSR count). The summed E-state index contributed by atoms with van der Waals surface area (Å²) in [6, 6.07) is 0. The normalized spacial score (nSPS) is 24.9. The molecule has 2 aliphatic rings. The van der Waals surface area contributed by atoms with Gasteiger partial charge in [-0.25, -0.2) is 0 Å². The largest absolute Gasteiger partial charge is 0.472 e.